The van der Waals surface area contributed by atoms with Gasteiger partial charge in [-0.1, -0.05) is 18.2 Å². The summed E-state index contributed by atoms with van der Waals surface area (Å²) in [6.07, 6.45) is 1.70. The second-order valence-corrected chi connectivity index (χ2v) is 7.08. The van der Waals surface area contributed by atoms with Gasteiger partial charge >= 0.3 is 0 Å². The molecule has 0 atom stereocenters. The van der Waals surface area contributed by atoms with Crippen molar-refractivity contribution in [1.82, 2.24) is 15.2 Å². The third kappa shape index (κ3) is 5.69. The summed E-state index contributed by atoms with van der Waals surface area (Å²) < 4.78 is 10.9. The van der Waals surface area contributed by atoms with E-state index in [0.717, 1.165) is 49.1 Å². The fourth-order valence-corrected chi connectivity index (χ4v) is 3.57. The van der Waals surface area contributed by atoms with E-state index < -0.39 is 0 Å². The van der Waals surface area contributed by atoms with Crippen LogP contribution in [0.5, 0.6) is 5.75 Å². The molecule has 0 saturated carbocycles. The minimum atomic E-state index is 0. The molecule has 1 aliphatic rings. The van der Waals surface area contributed by atoms with Gasteiger partial charge in [0.15, 0.2) is 5.96 Å². The van der Waals surface area contributed by atoms with Crippen LogP contribution in [0.25, 0.3) is 11.5 Å². The Bertz CT molecular complexity index is 967. The number of hydrogen-bond donors (Lipinski definition) is 1. The van der Waals surface area contributed by atoms with Crippen LogP contribution in [0, 0.1) is 0 Å². The number of nitrogens with one attached hydrogen (secondary N) is 1. The Morgan fingerprint density at radius 2 is 1.77 bits per heavy atom. The zero-order chi connectivity index (χ0) is 20.8. The van der Waals surface area contributed by atoms with E-state index in [4.69, 9.17) is 9.15 Å². The van der Waals surface area contributed by atoms with E-state index >= 15 is 0 Å². The molecule has 0 radical (unpaired) electrons. The normalized spacial score (nSPS) is 14.2. The molecule has 31 heavy (non-hydrogen) atoms. The molecule has 1 fully saturated rings. The van der Waals surface area contributed by atoms with Gasteiger partial charge in [0.05, 0.1) is 19.3 Å². The molecule has 0 spiro atoms. The summed E-state index contributed by atoms with van der Waals surface area (Å²) in [6, 6.07) is 18.1. The lowest BCUT2D eigenvalue weighted by molar-refractivity contribution is 0.372. The third-order valence-electron chi connectivity index (χ3n) is 5.23. The zero-order valence-electron chi connectivity index (χ0n) is 17.8. The van der Waals surface area contributed by atoms with Crippen LogP contribution < -0.4 is 15.0 Å². The van der Waals surface area contributed by atoms with Crippen molar-refractivity contribution in [1.29, 1.82) is 0 Å². The second-order valence-electron chi connectivity index (χ2n) is 7.08. The fourth-order valence-electron chi connectivity index (χ4n) is 3.57. The van der Waals surface area contributed by atoms with Crippen LogP contribution in [0.3, 0.4) is 0 Å². The number of aliphatic imine (C=N–C) groups is 1. The SMILES string of the molecule is CN=C(NCc1coc(-c2ccccc2)n1)N1CCN(c2ccc(OC)cc2)CC1.I. The summed E-state index contributed by atoms with van der Waals surface area (Å²) in [5.41, 5.74) is 3.05. The molecule has 0 unspecified atom stereocenters. The second kappa shape index (κ2) is 11.0. The number of oxazole rings is 1. The van der Waals surface area contributed by atoms with Gasteiger partial charge in [0.1, 0.15) is 12.0 Å². The largest absolute Gasteiger partial charge is 0.497 e. The van der Waals surface area contributed by atoms with Crippen LogP contribution in [-0.2, 0) is 6.54 Å². The van der Waals surface area contributed by atoms with Crippen molar-refractivity contribution in [2.45, 2.75) is 6.54 Å². The molecule has 4 rings (SSSR count). The minimum absolute atomic E-state index is 0. The third-order valence-corrected chi connectivity index (χ3v) is 5.23. The van der Waals surface area contributed by atoms with E-state index in [-0.39, 0.29) is 24.0 Å². The van der Waals surface area contributed by atoms with Gasteiger partial charge in [0.2, 0.25) is 5.89 Å². The predicted molar refractivity (Wildman–Crippen MR) is 134 cm³/mol. The van der Waals surface area contributed by atoms with Gasteiger partial charge in [-0.3, -0.25) is 4.99 Å². The van der Waals surface area contributed by atoms with Crippen LogP contribution in [-0.4, -0.2) is 56.2 Å². The number of nitrogens with zero attached hydrogens (tertiary/aromatic N) is 4. The number of guanidine groups is 1. The van der Waals surface area contributed by atoms with Crippen molar-refractivity contribution in [2.75, 3.05) is 45.2 Å². The van der Waals surface area contributed by atoms with Gasteiger partial charge in [-0.25, -0.2) is 4.98 Å². The number of aromatic nitrogens is 1. The fraction of sp³-hybridized carbons (Fsp3) is 0.304. The molecule has 1 aromatic heterocycles. The average Bonchev–Trinajstić information content (AvgIpc) is 3.30. The van der Waals surface area contributed by atoms with Crippen molar-refractivity contribution in [2.24, 2.45) is 4.99 Å². The molecule has 1 aliphatic heterocycles. The number of hydrogen-bond acceptors (Lipinski definition) is 5. The first-order valence-corrected chi connectivity index (χ1v) is 10.1. The molecule has 2 aromatic carbocycles. The van der Waals surface area contributed by atoms with Crippen molar-refractivity contribution in [3.8, 4) is 17.2 Å². The molecule has 2 heterocycles. The molecule has 164 valence electrons. The lowest BCUT2D eigenvalue weighted by Crippen LogP contribution is -2.52. The number of anilines is 1. The van der Waals surface area contributed by atoms with Gasteiger partial charge in [0, 0.05) is 44.5 Å². The van der Waals surface area contributed by atoms with E-state index in [1.807, 2.05) is 49.5 Å². The van der Waals surface area contributed by atoms with Crippen LogP contribution in [0.15, 0.2) is 70.3 Å². The van der Waals surface area contributed by atoms with E-state index in [9.17, 15) is 0 Å². The molecule has 7 nitrogen and oxygen atoms in total. The summed E-state index contributed by atoms with van der Waals surface area (Å²) in [5.74, 6) is 2.40. The number of methoxy groups -OCH3 is 1. The Balaban J connectivity index is 0.00000272. The highest BCUT2D eigenvalue weighted by Crippen LogP contribution is 2.21. The molecular formula is C23H28IN5O2. The molecule has 0 aliphatic carbocycles. The predicted octanol–water partition coefficient (Wildman–Crippen LogP) is 3.87. The van der Waals surface area contributed by atoms with Crippen molar-refractivity contribution < 1.29 is 9.15 Å². The number of benzene rings is 2. The standard InChI is InChI=1S/C23H27N5O2.HI/c1-24-23(25-16-19-17-30-22(26-19)18-6-4-3-5-7-18)28-14-12-27(13-15-28)20-8-10-21(29-2)11-9-20;/h3-11,17H,12-16H2,1-2H3,(H,24,25);1H. The summed E-state index contributed by atoms with van der Waals surface area (Å²) in [5, 5.41) is 3.41. The smallest absolute Gasteiger partial charge is 0.226 e. The van der Waals surface area contributed by atoms with E-state index in [1.54, 1.807) is 13.4 Å². The maximum Gasteiger partial charge on any atom is 0.226 e. The van der Waals surface area contributed by atoms with Crippen LogP contribution in [0.1, 0.15) is 5.69 Å². The average molecular weight is 533 g/mol. The Labute approximate surface area is 200 Å². The number of ether oxygens (including phenoxy) is 1. The maximum atomic E-state index is 5.62. The molecule has 1 N–H and O–H groups in total. The summed E-state index contributed by atoms with van der Waals surface area (Å²) >= 11 is 0. The lowest BCUT2D eigenvalue weighted by Gasteiger charge is -2.37. The molecule has 3 aromatic rings. The first kappa shape index (κ1) is 22.9. The van der Waals surface area contributed by atoms with Crippen LogP contribution in [0.4, 0.5) is 5.69 Å². The van der Waals surface area contributed by atoms with Crippen LogP contribution in [0.2, 0.25) is 0 Å². The Kier molecular flexibility index (Phi) is 8.16. The van der Waals surface area contributed by atoms with Gasteiger partial charge in [-0.05, 0) is 36.4 Å². The zero-order valence-corrected chi connectivity index (χ0v) is 20.2. The lowest BCUT2D eigenvalue weighted by atomic mass is 10.2. The number of rotatable bonds is 5. The molecular weight excluding hydrogens is 505 g/mol. The van der Waals surface area contributed by atoms with E-state index in [2.05, 4.69) is 37.2 Å². The molecule has 1 saturated heterocycles. The van der Waals surface area contributed by atoms with Gasteiger partial charge in [-0.15, -0.1) is 24.0 Å². The van der Waals surface area contributed by atoms with Crippen molar-refractivity contribution in [3.05, 3.63) is 66.6 Å². The first-order chi connectivity index (χ1) is 14.8. The summed E-state index contributed by atoms with van der Waals surface area (Å²) in [4.78, 5) is 13.7. The molecule has 0 bridgehead atoms. The van der Waals surface area contributed by atoms with Crippen LogP contribution >= 0.6 is 24.0 Å². The van der Waals surface area contributed by atoms with Crippen molar-refractivity contribution in [3.63, 3.8) is 0 Å². The molecule has 8 heteroatoms. The highest BCUT2D eigenvalue weighted by Gasteiger charge is 2.20. The Morgan fingerprint density at radius 1 is 1.06 bits per heavy atom. The molecule has 0 amide bonds. The first-order valence-electron chi connectivity index (χ1n) is 10.1. The highest BCUT2D eigenvalue weighted by molar-refractivity contribution is 14.0. The van der Waals surface area contributed by atoms with E-state index in [1.165, 1.54) is 5.69 Å². The number of halogens is 1. The maximum absolute atomic E-state index is 5.62. The van der Waals surface area contributed by atoms with Gasteiger partial charge < -0.3 is 24.3 Å². The monoisotopic (exact) mass is 533 g/mol. The quantitative estimate of drug-likeness (QED) is 0.305. The minimum Gasteiger partial charge on any atom is -0.497 e. The summed E-state index contributed by atoms with van der Waals surface area (Å²) in [7, 11) is 3.50. The van der Waals surface area contributed by atoms with Crippen molar-refractivity contribution >= 4 is 35.6 Å². The van der Waals surface area contributed by atoms with Gasteiger partial charge in [-0.2, -0.15) is 0 Å². The van der Waals surface area contributed by atoms with Gasteiger partial charge in [0.25, 0.3) is 0 Å². The topological polar surface area (TPSA) is 66.1 Å². The highest BCUT2D eigenvalue weighted by atomic mass is 127. The van der Waals surface area contributed by atoms with E-state index in [0.29, 0.717) is 12.4 Å². The summed E-state index contributed by atoms with van der Waals surface area (Å²) in [6.45, 7) is 4.26. The Morgan fingerprint density at radius 3 is 2.42 bits per heavy atom. The number of piperazine rings is 1. The Hall–Kier alpha value is -2.75.